The molecule has 3 aromatic rings. The average Bonchev–Trinajstić information content (AvgIpc) is 1.66. The maximum absolute atomic E-state index is 14.3. The number of nitrogens with zero attached hydrogens (tertiary/aromatic N) is 5. The van der Waals surface area contributed by atoms with Crippen LogP contribution in [0.2, 0.25) is 0 Å². The van der Waals surface area contributed by atoms with Gasteiger partial charge in [0, 0.05) is 101 Å². The van der Waals surface area contributed by atoms with Gasteiger partial charge < -0.3 is 82.4 Å². The Balaban J connectivity index is 0.646. The molecule has 1 unspecified atom stereocenters. The fourth-order valence-corrected chi connectivity index (χ4v) is 12.8. The molecule has 29 heteroatoms. The molecular formula is C79H109N7O22. The van der Waals surface area contributed by atoms with Gasteiger partial charge in [-0.25, -0.2) is 9.69 Å². The minimum absolute atomic E-state index is 0.00654. The number of Topliss-reactive ketones (excluding diaryl/α,β-unsaturated/α-hetero) is 2. The number of methoxy groups -OCH3 is 2. The number of fused-ring (bicyclic) bond motifs is 4. The molecule has 1 saturated heterocycles. The predicted molar refractivity (Wildman–Crippen MR) is 397 cm³/mol. The van der Waals surface area contributed by atoms with Gasteiger partial charge >= 0.3 is 6.09 Å². The zero-order valence-electron chi connectivity index (χ0n) is 63.8. The molecule has 6 atom stereocenters. The van der Waals surface area contributed by atoms with Gasteiger partial charge in [0.15, 0.2) is 35.0 Å². The molecule has 5 aliphatic heterocycles. The van der Waals surface area contributed by atoms with Gasteiger partial charge in [-0.1, -0.05) is 56.2 Å². The number of benzene rings is 3. The number of carbonyl (C=O) groups is 9. The van der Waals surface area contributed by atoms with Crippen molar-refractivity contribution in [2.24, 2.45) is 22.7 Å². The van der Waals surface area contributed by atoms with E-state index in [1.165, 1.54) is 31.3 Å². The van der Waals surface area contributed by atoms with Gasteiger partial charge in [0.05, 0.1) is 147 Å². The number of ketones is 2. The highest BCUT2D eigenvalue weighted by atomic mass is 16.6. The Morgan fingerprint density at radius 3 is 1.73 bits per heavy atom. The van der Waals surface area contributed by atoms with Crippen molar-refractivity contribution >= 4 is 70.7 Å². The van der Waals surface area contributed by atoms with Gasteiger partial charge in [-0.3, -0.25) is 48.2 Å². The molecule has 0 saturated carbocycles. The number of ether oxygens (including phenoxy) is 12. The summed E-state index contributed by atoms with van der Waals surface area (Å²) in [6, 6.07) is 11.5. The number of aliphatic hydroxyl groups is 1. The Morgan fingerprint density at radius 1 is 0.602 bits per heavy atom. The minimum atomic E-state index is -1.51. The molecule has 0 radical (unpaired) electrons. The van der Waals surface area contributed by atoms with Crippen molar-refractivity contribution in [3.05, 3.63) is 94.3 Å². The second-order valence-corrected chi connectivity index (χ2v) is 27.8. The zero-order valence-corrected chi connectivity index (χ0v) is 63.8. The molecule has 0 bridgehead atoms. The molecule has 0 aliphatic carbocycles. The van der Waals surface area contributed by atoms with E-state index >= 15 is 0 Å². The van der Waals surface area contributed by atoms with E-state index < -0.39 is 42.1 Å². The Labute approximate surface area is 632 Å². The summed E-state index contributed by atoms with van der Waals surface area (Å²) in [5, 5.41) is 17.5. The molecule has 29 nitrogen and oxygen atoms in total. The van der Waals surface area contributed by atoms with Crippen LogP contribution in [0.25, 0.3) is 0 Å². The van der Waals surface area contributed by atoms with E-state index in [2.05, 4.69) is 15.6 Å². The van der Waals surface area contributed by atoms with Crippen LogP contribution in [-0.2, 0) is 79.7 Å². The van der Waals surface area contributed by atoms with Crippen LogP contribution < -0.4 is 34.5 Å². The van der Waals surface area contributed by atoms with Gasteiger partial charge in [-0.05, 0) is 101 Å². The summed E-state index contributed by atoms with van der Waals surface area (Å²) in [4.78, 5) is 128. The highest BCUT2D eigenvalue weighted by molar-refractivity contribution is 6.07. The van der Waals surface area contributed by atoms with E-state index in [0.717, 1.165) is 46.6 Å². The SMILES string of the molecule is COc1cc2c(cc1OCCCCCOc1cc3c(cc1OC)C(=O)N1C=C(C)C[C@H]1[C@H](O)N3C(=O)OCc1ccc(CC(=O)[C@H](C)NC(=O)[C@@H](CC(=O)CCOCCOCCOCCOCCCCCOCCOCCOCCNC(=O)CCN3C(=O)CC(C)C3=O)C(C)C)cc1)N=C[C@@H]1CC(C)=CN1C2=O. The van der Waals surface area contributed by atoms with Crippen molar-refractivity contribution in [2.75, 3.05) is 138 Å². The van der Waals surface area contributed by atoms with Crippen molar-refractivity contribution in [3.8, 4) is 23.0 Å². The summed E-state index contributed by atoms with van der Waals surface area (Å²) >= 11 is 0. The van der Waals surface area contributed by atoms with Crippen molar-refractivity contribution in [3.63, 3.8) is 0 Å². The number of nitrogens with one attached hydrogen (secondary N) is 2. The molecule has 108 heavy (non-hydrogen) atoms. The smallest absolute Gasteiger partial charge is 0.416 e. The average molecular weight is 1510 g/mol. The first-order valence-corrected chi connectivity index (χ1v) is 37.6. The summed E-state index contributed by atoms with van der Waals surface area (Å²) in [6.45, 7) is 17.4. The molecule has 7 amide bonds. The molecule has 3 N–H and O–H groups in total. The molecule has 0 spiro atoms. The van der Waals surface area contributed by atoms with Gasteiger partial charge in [0.25, 0.3) is 11.8 Å². The van der Waals surface area contributed by atoms with Crippen LogP contribution in [0.15, 0.2) is 77.1 Å². The highest BCUT2D eigenvalue weighted by Gasteiger charge is 2.45. The van der Waals surface area contributed by atoms with Crippen LogP contribution in [-0.4, -0.2) is 236 Å². The minimum Gasteiger partial charge on any atom is -0.493 e. The van der Waals surface area contributed by atoms with Crippen LogP contribution in [0.3, 0.4) is 0 Å². The summed E-state index contributed by atoms with van der Waals surface area (Å²) in [5.41, 5.74) is 4.29. The van der Waals surface area contributed by atoms with Crippen molar-refractivity contribution in [1.29, 1.82) is 0 Å². The zero-order chi connectivity index (χ0) is 77.5. The summed E-state index contributed by atoms with van der Waals surface area (Å²) in [6.07, 6.45) is 9.03. The standard InChI is InChI=1S/C79H109N7O22/c1-52(2)61(43-60(87)20-27-101-31-35-105-38-37-104-34-30-100-24-12-9-11-23-99-29-33-103-36-32-102-28-21-80-72(89)19-22-83-73(90)41-55(5)75(83)92)74(91)82-56(6)67(88)42-57-15-17-58(18-16-57)51-108-79(96)86-65-47-71(69(98-8)45-63(65)77(94)85-50-54(4)40-66(85)78(86)95)107-26-14-10-13-25-106-70-46-64-62(44-68(70)97-7)76(93)84-49-53(3)39-59(84)48-81-64/h15-18,44-50,52,55-56,59,61,66,78,95H,9-14,19-43,51H2,1-8H3,(H,80,89)(H,82,91)/t55?,56-,59-,61-,66-,78-/m0/s1. The number of hydrogen-bond donors (Lipinski definition) is 3. The second-order valence-electron chi connectivity index (χ2n) is 27.8. The normalized spacial score (nSPS) is 17.9. The molecular weight excluding hydrogens is 1400 g/mol. The van der Waals surface area contributed by atoms with Crippen LogP contribution in [0.4, 0.5) is 16.2 Å². The van der Waals surface area contributed by atoms with Crippen molar-refractivity contribution in [1.82, 2.24) is 25.3 Å². The Bertz CT molecular complexity index is 3620. The fraction of sp³-hybridized carbons (Fsp3) is 0.595. The molecule has 592 valence electrons. The maximum Gasteiger partial charge on any atom is 0.416 e. The van der Waals surface area contributed by atoms with Gasteiger partial charge in [0.1, 0.15) is 12.4 Å². The number of amides is 7. The molecule has 5 heterocycles. The van der Waals surface area contributed by atoms with Crippen LogP contribution in [0.5, 0.6) is 23.0 Å². The number of hydrogen-bond acceptors (Lipinski definition) is 23. The van der Waals surface area contributed by atoms with Gasteiger partial charge in [-0.15, -0.1) is 0 Å². The Kier molecular flexibility index (Phi) is 34.7. The first-order valence-electron chi connectivity index (χ1n) is 37.6. The monoisotopic (exact) mass is 1510 g/mol. The summed E-state index contributed by atoms with van der Waals surface area (Å²) in [5.74, 6) is -1.84. The number of aliphatic hydroxyl groups excluding tert-OH is 1. The lowest BCUT2D eigenvalue weighted by Gasteiger charge is -2.31. The number of imide groups is 1. The van der Waals surface area contributed by atoms with E-state index in [1.54, 1.807) is 67.6 Å². The van der Waals surface area contributed by atoms with E-state index in [1.807, 2.05) is 33.9 Å². The first kappa shape index (κ1) is 84.9. The third-order valence-corrected chi connectivity index (χ3v) is 19.0. The molecule has 1 fully saturated rings. The van der Waals surface area contributed by atoms with E-state index in [-0.39, 0.29) is 141 Å². The van der Waals surface area contributed by atoms with Crippen molar-refractivity contribution in [2.45, 2.75) is 156 Å². The van der Waals surface area contributed by atoms with Gasteiger partial charge in [0.2, 0.25) is 23.6 Å². The van der Waals surface area contributed by atoms with E-state index in [4.69, 9.17) is 56.8 Å². The molecule has 5 aliphatic rings. The third-order valence-electron chi connectivity index (χ3n) is 19.0. The number of unbranched alkanes of at least 4 members (excludes halogenated alkanes) is 4. The number of rotatable bonds is 50. The third kappa shape index (κ3) is 25.5. The van der Waals surface area contributed by atoms with Gasteiger partial charge in [-0.2, -0.15) is 0 Å². The molecule has 0 aromatic heterocycles. The fourth-order valence-electron chi connectivity index (χ4n) is 12.8. The van der Waals surface area contributed by atoms with Crippen LogP contribution >= 0.6 is 0 Å². The Hall–Kier alpha value is -8.68. The first-order chi connectivity index (χ1) is 52.1. The van der Waals surface area contributed by atoms with E-state index in [9.17, 15) is 48.3 Å². The Morgan fingerprint density at radius 2 is 1.14 bits per heavy atom. The van der Waals surface area contributed by atoms with E-state index in [0.29, 0.717) is 152 Å². The molecule has 8 rings (SSSR count). The second kappa shape index (κ2) is 44.1. The predicted octanol–water partition coefficient (Wildman–Crippen LogP) is 8.19. The maximum atomic E-state index is 14.3. The lowest BCUT2D eigenvalue weighted by molar-refractivity contribution is -0.139. The van der Waals surface area contributed by atoms with Crippen LogP contribution in [0.1, 0.15) is 150 Å². The topological polar surface area (TPSA) is 334 Å². The lowest BCUT2D eigenvalue weighted by Crippen LogP contribution is -2.50. The number of anilines is 1. The van der Waals surface area contributed by atoms with Crippen LogP contribution in [0, 0.1) is 17.8 Å². The van der Waals surface area contributed by atoms with Crippen molar-refractivity contribution < 1.29 is 105 Å². The largest absolute Gasteiger partial charge is 0.493 e. The number of carbonyl (C=O) groups excluding carboxylic acids is 9. The summed E-state index contributed by atoms with van der Waals surface area (Å²) in [7, 11) is 2.97. The highest BCUT2D eigenvalue weighted by Crippen LogP contribution is 2.43. The quantitative estimate of drug-likeness (QED) is 0.0354. The number of likely N-dealkylation sites (tertiary alicyclic amines) is 1. The lowest BCUT2D eigenvalue weighted by atomic mass is 9.88. The summed E-state index contributed by atoms with van der Waals surface area (Å²) < 4.78 is 68.7. The molecule has 3 aromatic carbocycles. The number of aliphatic imine (C=N–C) groups is 1.